The normalized spacial score (nSPS) is 11.9. The molecule has 6 nitrogen and oxygen atoms in total. The summed E-state index contributed by atoms with van der Waals surface area (Å²) in [5.74, 6) is -0.729. The van der Waals surface area contributed by atoms with Gasteiger partial charge >= 0.3 is 6.18 Å². The maximum atomic E-state index is 13.1. The van der Waals surface area contributed by atoms with Crippen molar-refractivity contribution in [3.63, 3.8) is 0 Å². The molecule has 0 heterocycles. The number of amides is 2. The lowest BCUT2D eigenvalue weighted by molar-refractivity contribution is -0.137. The summed E-state index contributed by atoms with van der Waals surface area (Å²) in [6.45, 7) is 0.00433. The Kier molecular flexibility index (Phi) is 9.70. The molecule has 0 aromatic heterocycles. The number of halogens is 4. The minimum absolute atomic E-state index is 0.151. The van der Waals surface area contributed by atoms with E-state index in [0.29, 0.717) is 17.2 Å². The molecule has 0 aliphatic rings. The van der Waals surface area contributed by atoms with Gasteiger partial charge in [-0.15, -0.1) is 0 Å². The van der Waals surface area contributed by atoms with Crippen molar-refractivity contribution in [3.05, 3.63) is 126 Å². The summed E-state index contributed by atoms with van der Waals surface area (Å²) in [6.07, 6.45) is -4.90. The molecule has 0 saturated heterocycles. The van der Waals surface area contributed by atoms with Crippen molar-refractivity contribution in [2.45, 2.75) is 25.2 Å². The van der Waals surface area contributed by atoms with Crippen molar-refractivity contribution in [2.75, 3.05) is 11.9 Å². The molecule has 0 unspecified atom stereocenters. The van der Waals surface area contributed by atoms with E-state index in [1.54, 1.807) is 24.3 Å². The maximum absolute atomic E-state index is 13.1. The number of carbonyl (C=O) groups is 2. The fourth-order valence-corrected chi connectivity index (χ4v) is 3.81. The largest absolute Gasteiger partial charge is 0.457 e. The number of nitrogens with one attached hydrogen (secondary N) is 2. The molecule has 4 aromatic rings. The summed E-state index contributed by atoms with van der Waals surface area (Å²) in [7, 11) is 0. The van der Waals surface area contributed by atoms with Crippen LogP contribution in [0.3, 0.4) is 0 Å². The number of rotatable bonds is 11. The van der Waals surface area contributed by atoms with Crippen LogP contribution in [0.5, 0.6) is 11.5 Å². The fraction of sp³-hybridized carbons (Fsp3) is 0.161. The van der Waals surface area contributed by atoms with Crippen LogP contribution in [0.4, 0.5) is 23.2 Å². The second-order valence-corrected chi connectivity index (χ2v) is 9.07. The monoisotopic (exact) mass is 566 g/mol. The van der Waals surface area contributed by atoms with E-state index >= 15 is 0 Å². The number of hydrogen-bond acceptors (Lipinski definition) is 4. The molecule has 4 aromatic carbocycles. The highest BCUT2D eigenvalue weighted by atomic mass is 19.4. The highest BCUT2D eigenvalue weighted by Crippen LogP contribution is 2.29. The molecule has 10 heteroatoms. The van der Waals surface area contributed by atoms with E-state index in [1.165, 1.54) is 36.4 Å². The molecule has 2 amide bonds. The van der Waals surface area contributed by atoms with Crippen molar-refractivity contribution >= 4 is 17.5 Å². The van der Waals surface area contributed by atoms with Gasteiger partial charge in [0.15, 0.2) is 0 Å². The summed E-state index contributed by atoms with van der Waals surface area (Å²) in [4.78, 5) is 25.9. The predicted octanol–water partition coefficient (Wildman–Crippen LogP) is 6.52. The Labute approximate surface area is 233 Å². The molecule has 0 radical (unpaired) electrons. The fourth-order valence-electron chi connectivity index (χ4n) is 3.81. The van der Waals surface area contributed by atoms with Gasteiger partial charge in [0, 0.05) is 5.69 Å². The van der Waals surface area contributed by atoms with Gasteiger partial charge < -0.3 is 20.1 Å². The van der Waals surface area contributed by atoms with E-state index in [1.807, 2.05) is 30.3 Å². The van der Waals surface area contributed by atoms with Crippen LogP contribution in [0.2, 0.25) is 0 Å². The van der Waals surface area contributed by atoms with Crippen LogP contribution in [-0.2, 0) is 33.5 Å². The van der Waals surface area contributed by atoms with Crippen LogP contribution >= 0.6 is 0 Å². The molecule has 0 fully saturated rings. The topological polar surface area (TPSA) is 76.7 Å². The molecule has 1 atom stereocenters. The molecule has 212 valence electrons. The SMILES string of the molecule is O=C(Cc1cccc(C(F)(F)F)c1)N[C@@H](COCc1ccccc1)C(=O)Nc1ccc(Oc2ccc(F)cc2)cc1. The number of anilines is 1. The quantitative estimate of drug-likeness (QED) is 0.203. The molecule has 0 aliphatic carbocycles. The van der Waals surface area contributed by atoms with Crippen LogP contribution in [0.1, 0.15) is 16.7 Å². The van der Waals surface area contributed by atoms with Crippen LogP contribution in [-0.4, -0.2) is 24.5 Å². The third-order valence-corrected chi connectivity index (χ3v) is 5.84. The number of ether oxygens (including phenoxy) is 2. The first-order chi connectivity index (χ1) is 19.7. The Balaban J connectivity index is 1.40. The molecule has 0 bridgehead atoms. The first-order valence-electron chi connectivity index (χ1n) is 12.6. The summed E-state index contributed by atoms with van der Waals surface area (Å²) >= 11 is 0. The summed E-state index contributed by atoms with van der Waals surface area (Å²) in [5, 5.41) is 5.27. The summed E-state index contributed by atoms with van der Waals surface area (Å²) in [6, 6.07) is 24.4. The van der Waals surface area contributed by atoms with Gasteiger partial charge in [-0.3, -0.25) is 9.59 Å². The highest BCUT2D eigenvalue weighted by molar-refractivity contribution is 5.97. The van der Waals surface area contributed by atoms with Crippen LogP contribution in [0, 0.1) is 5.82 Å². The van der Waals surface area contributed by atoms with Crippen molar-refractivity contribution in [3.8, 4) is 11.5 Å². The van der Waals surface area contributed by atoms with E-state index in [0.717, 1.165) is 17.7 Å². The molecular weight excluding hydrogens is 540 g/mol. The Morgan fingerprint density at radius 2 is 1.41 bits per heavy atom. The number of alkyl halides is 3. The molecule has 41 heavy (non-hydrogen) atoms. The zero-order chi connectivity index (χ0) is 29.2. The lowest BCUT2D eigenvalue weighted by Crippen LogP contribution is -2.47. The predicted molar refractivity (Wildman–Crippen MR) is 145 cm³/mol. The number of hydrogen-bond donors (Lipinski definition) is 2. The molecule has 0 aliphatic heterocycles. The van der Waals surface area contributed by atoms with Crippen LogP contribution in [0.15, 0.2) is 103 Å². The Hall–Kier alpha value is -4.70. The molecular formula is C31H26F4N2O4. The first kappa shape index (κ1) is 29.3. The maximum Gasteiger partial charge on any atom is 0.416 e. The van der Waals surface area contributed by atoms with E-state index in [4.69, 9.17) is 9.47 Å². The molecule has 0 saturated carbocycles. The van der Waals surface area contributed by atoms with E-state index in [9.17, 15) is 27.2 Å². The van der Waals surface area contributed by atoms with E-state index < -0.39 is 29.6 Å². The standard InChI is InChI=1S/C31H26F4N2O4/c32-24-9-13-26(14-10-24)41-27-15-11-25(12-16-27)36-30(39)28(20-40-19-21-5-2-1-3-6-21)37-29(38)18-22-7-4-8-23(17-22)31(33,34)35/h1-17,28H,18-20H2,(H,36,39)(H,37,38)/t28-/m0/s1. The van der Waals surface area contributed by atoms with Crippen molar-refractivity contribution in [2.24, 2.45) is 0 Å². The third kappa shape index (κ3) is 9.18. The van der Waals surface area contributed by atoms with Gasteiger partial charge in [-0.2, -0.15) is 13.2 Å². The minimum Gasteiger partial charge on any atom is -0.457 e. The highest BCUT2D eigenvalue weighted by Gasteiger charge is 2.30. The van der Waals surface area contributed by atoms with Crippen LogP contribution < -0.4 is 15.4 Å². The number of benzene rings is 4. The van der Waals surface area contributed by atoms with Gasteiger partial charge in [0.1, 0.15) is 23.4 Å². The lowest BCUT2D eigenvalue weighted by Gasteiger charge is -2.19. The van der Waals surface area contributed by atoms with Crippen molar-refractivity contribution < 1.29 is 36.6 Å². The van der Waals surface area contributed by atoms with E-state index in [2.05, 4.69) is 10.6 Å². The first-order valence-corrected chi connectivity index (χ1v) is 12.6. The zero-order valence-corrected chi connectivity index (χ0v) is 21.7. The van der Waals surface area contributed by atoms with Gasteiger partial charge in [0.05, 0.1) is 25.2 Å². The van der Waals surface area contributed by atoms with Gasteiger partial charge in [-0.05, 0) is 65.7 Å². The van der Waals surface area contributed by atoms with E-state index in [-0.39, 0.29) is 31.0 Å². The second kappa shape index (κ2) is 13.6. The van der Waals surface area contributed by atoms with Gasteiger partial charge in [-0.25, -0.2) is 4.39 Å². The van der Waals surface area contributed by atoms with Gasteiger partial charge in [-0.1, -0.05) is 48.5 Å². The Morgan fingerprint density at radius 1 is 0.780 bits per heavy atom. The summed E-state index contributed by atoms with van der Waals surface area (Å²) < 4.78 is 63.6. The lowest BCUT2D eigenvalue weighted by atomic mass is 10.1. The molecule has 2 N–H and O–H groups in total. The Morgan fingerprint density at radius 3 is 2.07 bits per heavy atom. The smallest absolute Gasteiger partial charge is 0.416 e. The third-order valence-electron chi connectivity index (χ3n) is 5.84. The Bertz CT molecular complexity index is 1440. The molecule has 4 rings (SSSR count). The zero-order valence-electron chi connectivity index (χ0n) is 21.7. The second-order valence-electron chi connectivity index (χ2n) is 9.07. The van der Waals surface area contributed by atoms with Gasteiger partial charge in [0.25, 0.3) is 0 Å². The average Bonchev–Trinajstić information content (AvgIpc) is 2.95. The minimum atomic E-state index is -4.54. The van der Waals surface area contributed by atoms with Crippen LogP contribution in [0.25, 0.3) is 0 Å². The molecule has 0 spiro atoms. The van der Waals surface area contributed by atoms with Crippen molar-refractivity contribution in [1.29, 1.82) is 0 Å². The van der Waals surface area contributed by atoms with Crippen molar-refractivity contribution in [1.82, 2.24) is 5.32 Å². The summed E-state index contributed by atoms with van der Waals surface area (Å²) in [5.41, 5.74) is 0.550. The average molecular weight is 567 g/mol. The number of carbonyl (C=O) groups excluding carboxylic acids is 2. The van der Waals surface area contributed by atoms with Gasteiger partial charge in [0.2, 0.25) is 11.8 Å².